The summed E-state index contributed by atoms with van der Waals surface area (Å²) in [5, 5.41) is 11.0. The second-order valence-corrected chi connectivity index (χ2v) is 8.35. The van der Waals surface area contributed by atoms with Gasteiger partial charge in [-0.05, 0) is 42.3 Å². The fourth-order valence-electron chi connectivity index (χ4n) is 4.42. The van der Waals surface area contributed by atoms with Crippen molar-refractivity contribution in [3.05, 3.63) is 59.4 Å². The van der Waals surface area contributed by atoms with Crippen molar-refractivity contribution in [3.63, 3.8) is 0 Å². The molecule has 0 aliphatic heterocycles. The van der Waals surface area contributed by atoms with Gasteiger partial charge in [0.2, 0.25) is 0 Å². The summed E-state index contributed by atoms with van der Waals surface area (Å²) in [5.74, 6) is -5.42. The van der Waals surface area contributed by atoms with Crippen molar-refractivity contribution in [1.82, 2.24) is 0 Å². The highest BCUT2D eigenvalue weighted by Crippen LogP contribution is 2.48. The summed E-state index contributed by atoms with van der Waals surface area (Å²) in [4.78, 5) is 38.1. The maximum absolute atomic E-state index is 13.1. The fourth-order valence-corrected chi connectivity index (χ4v) is 4.42. The largest absolute Gasteiger partial charge is 0.493 e. The number of halogens is 1. The number of benzene rings is 2. The molecule has 1 fully saturated rings. The molecule has 0 bridgehead atoms. The topological polar surface area (TPSA) is 108 Å². The van der Waals surface area contributed by atoms with Crippen LogP contribution in [0.5, 0.6) is 11.5 Å². The third-order valence-electron chi connectivity index (χ3n) is 6.06. The SMILES string of the molecule is COC(=O)C1C(=O)CC(C)(O)C(C(=O)OC)C1c1ccc(OCc2ccc(F)cc2)c(OC)c1. The highest BCUT2D eigenvalue weighted by atomic mass is 19.1. The van der Waals surface area contributed by atoms with Gasteiger partial charge in [0.05, 0.1) is 32.8 Å². The van der Waals surface area contributed by atoms with Crippen molar-refractivity contribution in [2.45, 2.75) is 31.5 Å². The van der Waals surface area contributed by atoms with Crippen molar-refractivity contribution in [1.29, 1.82) is 0 Å². The first kappa shape index (κ1) is 25.2. The van der Waals surface area contributed by atoms with Gasteiger partial charge in [-0.2, -0.15) is 0 Å². The number of esters is 2. The molecular formula is C25H27FO8. The van der Waals surface area contributed by atoms with Crippen molar-refractivity contribution in [3.8, 4) is 11.5 Å². The van der Waals surface area contributed by atoms with Crippen LogP contribution >= 0.6 is 0 Å². The molecular weight excluding hydrogens is 447 g/mol. The summed E-state index contributed by atoms with van der Waals surface area (Å²) in [5.41, 5.74) is -0.618. The summed E-state index contributed by atoms with van der Waals surface area (Å²) >= 11 is 0. The molecule has 4 atom stereocenters. The van der Waals surface area contributed by atoms with E-state index in [0.29, 0.717) is 11.3 Å². The van der Waals surface area contributed by atoms with E-state index in [9.17, 15) is 23.9 Å². The zero-order chi connectivity index (χ0) is 25.0. The molecule has 0 saturated heterocycles. The molecule has 0 radical (unpaired) electrons. The zero-order valence-electron chi connectivity index (χ0n) is 19.4. The minimum atomic E-state index is -1.75. The second-order valence-electron chi connectivity index (χ2n) is 8.35. The van der Waals surface area contributed by atoms with Gasteiger partial charge in [-0.15, -0.1) is 0 Å². The molecule has 4 unspecified atom stereocenters. The summed E-state index contributed by atoms with van der Waals surface area (Å²) in [6, 6.07) is 10.5. The lowest BCUT2D eigenvalue weighted by Gasteiger charge is -2.43. The van der Waals surface area contributed by atoms with Crippen molar-refractivity contribution < 1.29 is 42.8 Å². The number of aliphatic hydroxyl groups is 1. The molecule has 1 aliphatic rings. The van der Waals surface area contributed by atoms with E-state index in [-0.39, 0.29) is 18.2 Å². The summed E-state index contributed by atoms with van der Waals surface area (Å²) < 4.78 is 34.1. The zero-order valence-corrected chi connectivity index (χ0v) is 19.4. The summed E-state index contributed by atoms with van der Waals surface area (Å²) in [7, 11) is 3.74. The predicted molar refractivity (Wildman–Crippen MR) is 118 cm³/mol. The Hall–Kier alpha value is -3.46. The third-order valence-corrected chi connectivity index (χ3v) is 6.06. The molecule has 0 spiro atoms. The van der Waals surface area contributed by atoms with Gasteiger partial charge in [-0.1, -0.05) is 18.2 Å². The molecule has 1 aliphatic carbocycles. The Morgan fingerprint density at radius 3 is 2.26 bits per heavy atom. The smallest absolute Gasteiger partial charge is 0.316 e. The van der Waals surface area contributed by atoms with Crippen molar-refractivity contribution >= 4 is 17.7 Å². The number of carbonyl (C=O) groups is 3. The van der Waals surface area contributed by atoms with E-state index in [1.54, 1.807) is 30.3 Å². The Kier molecular flexibility index (Phi) is 7.56. The first-order valence-corrected chi connectivity index (χ1v) is 10.6. The maximum atomic E-state index is 13.1. The number of hydrogen-bond acceptors (Lipinski definition) is 8. The monoisotopic (exact) mass is 474 g/mol. The van der Waals surface area contributed by atoms with Crippen LogP contribution in [0.25, 0.3) is 0 Å². The van der Waals surface area contributed by atoms with E-state index in [1.807, 2.05) is 0 Å². The van der Waals surface area contributed by atoms with Gasteiger partial charge in [0.25, 0.3) is 0 Å². The fraction of sp³-hybridized carbons (Fsp3) is 0.400. The lowest BCUT2D eigenvalue weighted by molar-refractivity contribution is -0.170. The molecule has 34 heavy (non-hydrogen) atoms. The molecule has 0 aromatic heterocycles. The number of methoxy groups -OCH3 is 3. The van der Waals surface area contributed by atoms with E-state index in [1.165, 1.54) is 33.3 Å². The van der Waals surface area contributed by atoms with Gasteiger partial charge in [0.1, 0.15) is 18.3 Å². The average Bonchev–Trinajstić information content (AvgIpc) is 2.81. The number of rotatable bonds is 7. The van der Waals surface area contributed by atoms with Gasteiger partial charge in [0.15, 0.2) is 17.3 Å². The average molecular weight is 474 g/mol. The lowest BCUT2D eigenvalue weighted by Crippen LogP contribution is -2.55. The van der Waals surface area contributed by atoms with Crippen LogP contribution in [-0.2, 0) is 30.5 Å². The maximum Gasteiger partial charge on any atom is 0.316 e. The molecule has 1 N–H and O–H groups in total. The Bertz CT molecular complexity index is 1060. The van der Waals surface area contributed by atoms with Crippen LogP contribution in [0.1, 0.15) is 30.4 Å². The number of hydrogen-bond donors (Lipinski definition) is 1. The van der Waals surface area contributed by atoms with Gasteiger partial charge in [-0.25, -0.2) is 4.39 Å². The predicted octanol–water partition coefficient (Wildman–Crippen LogP) is 2.80. The van der Waals surface area contributed by atoms with Crippen LogP contribution in [-0.4, -0.2) is 49.8 Å². The van der Waals surface area contributed by atoms with Crippen molar-refractivity contribution in [2.24, 2.45) is 11.8 Å². The van der Waals surface area contributed by atoms with Crippen LogP contribution in [0.2, 0.25) is 0 Å². The Labute approximate surface area is 196 Å². The van der Waals surface area contributed by atoms with Gasteiger partial charge in [0, 0.05) is 12.3 Å². The van der Waals surface area contributed by atoms with Crippen LogP contribution in [0.15, 0.2) is 42.5 Å². The Morgan fingerprint density at radius 1 is 1.03 bits per heavy atom. The van der Waals surface area contributed by atoms with E-state index >= 15 is 0 Å². The normalized spacial score (nSPS) is 24.3. The summed E-state index contributed by atoms with van der Waals surface area (Å²) in [6.07, 6.45) is -0.404. The highest BCUT2D eigenvalue weighted by Gasteiger charge is 2.57. The van der Waals surface area contributed by atoms with Gasteiger partial charge < -0.3 is 24.1 Å². The second kappa shape index (κ2) is 10.2. The number of ketones is 1. The molecule has 2 aromatic carbocycles. The number of ether oxygens (including phenoxy) is 4. The molecule has 3 rings (SSSR count). The quantitative estimate of drug-likeness (QED) is 0.482. The third kappa shape index (κ3) is 5.04. The van der Waals surface area contributed by atoms with Crippen molar-refractivity contribution in [2.75, 3.05) is 21.3 Å². The molecule has 2 aromatic rings. The van der Waals surface area contributed by atoms with Crippen LogP contribution in [0, 0.1) is 17.7 Å². The Balaban J connectivity index is 2.01. The molecule has 1 saturated carbocycles. The first-order valence-electron chi connectivity index (χ1n) is 10.6. The van der Waals surface area contributed by atoms with Gasteiger partial charge in [-0.3, -0.25) is 14.4 Å². The molecule has 9 heteroatoms. The minimum Gasteiger partial charge on any atom is -0.493 e. The van der Waals surface area contributed by atoms with E-state index in [4.69, 9.17) is 18.9 Å². The standard InChI is InChI=1S/C25H27FO8/c1-25(30)12-17(27)21(23(28)32-3)20(22(25)24(29)33-4)15-7-10-18(19(11-15)31-2)34-13-14-5-8-16(26)9-6-14/h5-11,20-22,30H,12-13H2,1-4H3. The number of carbonyl (C=O) groups excluding carboxylic acids is 3. The number of Topliss-reactive ketones (excluding diaryl/α,β-unsaturated/α-hetero) is 1. The van der Waals surface area contributed by atoms with Gasteiger partial charge >= 0.3 is 11.9 Å². The van der Waals surface area contributed by atoms with E-state index in [2.05, 4.69) is 0 Å². The molecule has 0 amide bonds. The summed E-state index contributed by atoms with van der Waals surface area (Å²) in [6.45, 7) is 1.51. The van der Waals surface area contributed by atoms with Crippen LogP contribution < -0.4 is 9.47 Å². The molecule has 8 nitrogen and oxygen atoms in total. The highest BCUT2D eigenvalue weighted by molar-refractivity contribution is 6.02. The van der Waals surface area contributed by atoms with E-state index < -0.39 is 47.5 Å². The minimum absolute atomic E-state index is 0.141. The van der Waals surface area contributed by atoms with E-state index in [0.717, 1.165) is 12.7 Å². The van der Waals surface area contributed by atoms with Crippen LogP contribution in [0.3, 0.4) is 0 Å². The Morgan fingerprint density at radius 2 is 1.68 bits per heavy atom. The first-order chi connectivity index (χ1) is 16.1. The lowest BCUT2D eigenvalue weighted by atomic mass is 9.61. The molecule has 182 valence electrons. The van der Waals surface area contributed by atoms with Crippen LogP contribution in [0.4, 0.5) is 4.39 Å². The molecule has 0 heterocycles.